The first-order valence-electron chi connectivity index (χ1n) is 8.94. The molecule has 0 unspecified atom stereocenters. The van der Waals surface area contributed by atoms with E-state index in [9.17, 15) is 5.11 Å². The number of hydrogen-bond donors (Lipinski definition) is 1. The summed E-state index contributed by atoms with van der Waals surface area (Å²) in [4.78, 5) is 2.30. The second-order valence-corrected chi connectivity index (χ2v) is 6.96. The molecule has 134 valence electrons. The van der Waals surface area contributed by atoms with Crippen molar-refractivity contribution in [1.82, 2.24) is 4.90 Å². The quantitative estimate of drug-likeness (QED) is 0.599. The van der Waals surface area contributed by atoms with E-state index in [0.29, 0.717) is 11.6 Å². The largest absolute Gasteiger partial charge is 0.387 e. The molecule has 26 heavy (non-hydrogen) atoms. The van der Waals surface area contributed by atoms with E-state index in [2.05, 4.69) is 53.4 Å². The lowest BCUT2D eigenvalue weighted by atomic mass is 10.1. The third-order valence-electron chi connectivity index (χ3n) is 4.47. The van der Waals surface area contributed by atoms with Crippen LogP contribution in [0.3, 0.4) is 0 Å². The SMILES string of the molecule is O[C@H](CN(CCc1ccccc1)Cc1ccccc1)c1cccc(Cl)c1. The van der Waals surface area contributed by atoms with Crippen LogP contribution >= 0.6 is 11.6 Å². The third-order valence-corrected chi connectivity index (χ3v) is 4.71. The van der Waals surface area contributed by atoms with Crippen molar-refractivity contribution in [3.8, 4) is 0 Å². The van der Waals surface area contributed by atoms with Gasteiger partial charge in [-0.1, -0.05) is 84.4 Å². The molecule has 0 aliphatic rings. The highest BCUT2D eigenvalue weighted by atomic mass is 35.5. The van der Waals surface area contributed by atoms with Crippen LogP contribution in [0.1, 0.15) is 22.8 Å². The van der Waals surface area contributed by atoms with Gasteiger partial charge in [-0.15, -0.1) is 0 Å². The number of benzene rings is 3. The Morgan fingerprint density at radius 3 is 2.12 bits per heavy atom. The minimum Gasteiger partial charge on any atom is -0.387 e. The fourth-order valence-electron chi connectivity index (χ4n) is 3.07. The summed E-state index contributed by atoms with van der Waals surface area (Å²) in [6.07, 6.45) is 0.392. The topological polar surface area (TPSA) is 23.5 Å². The van der Waals surface area contributed by atoms with E-state index >= 15 is 0 Å². The van der Waals surface area contributed by atoms with Crippen LogP contribution in [0.2, 0.25) is 5.02 Å². The summed E-state index contributed by atoms with van der Waals surface area (Å²) in [5, 5.41) is 11.3. The summed E-state index contributed by atoms with van der Waals surface area (Å²) in [5.41, 5.74) is 3.41. The normalized spacial score (nSPS) is 12.3. The zero-order valence-electron chi connectivity index (χ0n) is 14.8. The predicted octanol–water partition coefficient (Wildman–Crippen LogP) is 5.12. The second-order valence-electron chi connectivity index (χ2n) is 6.53. The molecule has 0 bridgehead atoms. The number of rotatable bonds is 8. The zero-order valence-corrected chi connectivity index (χ0v) is 15.5. The smallest absolute Gasteiger partial charge is 0.0917 e. The van der Waals surface area contributed by atoms with Crippen LogP contribution in [0.4, 0.5) is 0 Å². The Morgan fingerprint density at radius 2 is 1.46 bits per heavy atom. The molecule has 3 heteroatoms. The fraction of sp³-hybridized carbons (Fsp3) is 0.217. The molecule has 0 aliphatic carbocycles. The van der Waals surface area contributed by atoms with Crippen LogP contribution < -0.4 is 0 Å². The van der Waals surface area contributed by atoms with Gasteiger partial charge in [-0.25, -0.2) is 0 Å². The highest BCUT2D eigenvalue weighted by Gasteiger charge is 2.14. The average Bonchev–Trinajstić information content (AvgIpc) is 2.68. The molecule has 0 amide bonds. The summed E-state index contributed by atoms with van der Waals surface area (Å²) in [7, 11) is 0. The summed E-state index contributed by atoms with van der Waals surface area (Å²) >= 11 is 6.07. The Morgan fingerprint density at radius 1 is 0.808 bits per heavy atom. The second kappa shape index (κ2) is 9.54. The van der Waals surface area contributed by atoms with Crippen molar-refractivity contribution >= 4 is 11.6 Å². The van der Waals surface area contributed by atoms with E-state index < -0.39 is 6.10 Å². The molecule has 1 atom stereocenters. The summed E-state index contributed by atoms with van der Waals surface area (Å²) < 4.78 is 0. The lowest BCUT2D eigenvalue weighted by Gasteiger charge is -2.25. The number of aliphatic hydroxyl groups excluding tert-OH is 1. The van der Waals surface area contributed by atoms with Gasteiger partial charge in [-0.3, -0.25) is 4.90 Å². The van der Waals surface area contributed by atoms with Gasteiger partial charge in [0.25, 0.3) is 0 Å². The van der Waals surface area contributed by atoms with E-state index in [0.717, 1.165) is 25.1 Å². The number of aliphatic hydroxyl groups is 1. The van der Waals surface area contributed by atoms with Crippen LogP contribution in [-0.4, -0.2) is 23.1 Å². The van der Waals surface area contributed by atoms with Crippen molar-refractivity contribution in [2.75, 3.05) is 13.1 Å². The number of halogens is 1. The maximum Gasteiger partial charge on any atom is 0.0917 e. The molecule has 0 radical (unpaired) electrons. The molecule has 1 N–H and O–H groups in total. The van der Waals surface area contributed by atoms with Crippen LogP contribution in [0, 0.1) is 0 Å². The Bertz CT molecular complexity index is 792. The van der Waals surface area contributed by atoms with Gasteiger partial charge >= 0.3 is 0 Å². The van der Waals surface area contributed by atoms with Crippen molar-refractivity contribution in [2.24, 2.45) is 0 Å². The summed E-state index contributed by atoms with van der Waals surface area (Å²) in [6, 6.07) is 28.3. The molecule has 2 nitrogen and oxygen atoms in total. The van der Waals surface area contributed by atoms with Crippen molar-refractivity contribution in [3.05, 3.63) is 107 Å². The maximum atomic E-state index is 10.7. The van der Waals surface area contributed by atoms with Crippen LogP contribution in [0.5, 0.6) is 0 Å². The summed E-state index contributed by atoms with van der Waals surface area (Å²) in [6.45, 7) is 2.27. The van der Waals surface area contributed by atoms with E-state index in [1.54, 1.807) is 0 Å². The third kappa shape index (κ3) is 5.70. The minimum atomic E-state index is -0.562. The average molecular weight is 366 g/mol. The predicted molar refractivity (Wildman–Crippen MR) is 108 cm³/mol. The van der Waals surface area contributed by atoms with Gasteiger partial charge in [0.05, 0.1) is 6.10 Å². The first-order chi connectivity index (χ1) is 12.7. The molecule has 3 rings (SSSR count). The monoisotopic (exact) mass is 365 g/mol. The lowest BCUT2D eigenvalue weighted by molar-refractivity contribution is 0.109. The first kappa shape index (κ1) is 18.7. The van der Waals surface area contributed by atoms with E-state index in [4.69, 9.17) is 11.6 Å². The molecule has 3 aromatic carbocycles. The molecular formula is C23H24ClNO. The van der Waals surface area contributed by atoms with Gasteiger partial charge in [-0.05, 0) is 35.2 Å². The van der Waals surface area contributed by atoms with Crippen molar-refractivity contribution < 1.29 is 5.11 Å². The number of hydrogen-bond acceptors (Lipinski definition) is 2. The van der Waals surface area contributed by atoms with Crippen molar-refractivity contribution in [2.45, 2.75) is 19.1 Å². The molecular weight excluding hydrogens is 342 g/mol. The minimum absolute atomic E-state index is 0.562. The molecule has 0 aromatic heterocycles. The fourth-order valence-corrected chi connectivity index (χ4v) is 3.27. The standard InChI is InChI=1S/C23H24ClNO/c24-22-13-7-12-21(16-22)23(26)18-25(17-20-10-5-2-6-11-20)15-14-19-8-3-1-4-9-19/h1-13,16,23,26H,14-15,17-18H2/t23-/m1/s1. The summed E-state index contributed by atoms with van der Waals surface area (Å²) in [5.74, 6) is 0. The Balaban J connectivity index is 1.69. The van der Waals surface area contributed by atoms with Gasteiger partial charge in [0.1, 0.15) is 0 Å². The molecule has 0 spiro atoms. The maximum absolute atomic E-state index is 10.7. The van der Waals surface area contributed by atoms with Gasteiger partial charge in [0.2, 0.25) is 0 Å². The molecule has 0 fully saturated rings. The van der Waals surface area contributed by atoms with E-state index in [-0.39, 0.29) is 0 Å². The Hall–Kier alpha value is -2.13. The van der Waals surface area contributed by atoms with Gasteiger partial charge in [0, 0.05) is 24.7 Å². The van der Waals surface area contributed by atoms with Crippen LogP contribution in [0.15, 0.2) is 84.9 Å². The van der Waals surface area contributed by atoms with Gasteiger partial charge in [-0.2, -0.15) is 0 Å². The zero-order chi connectivity index (χ0) is 18.2. The lowest BCUT2D eigenvalue weighted by Crippen LogP contribution is -2.30. The van der Waals surface area contributed by atoms with Crippen LogP contribution in [-0.2, 0) is 13.0 Å². The highest BCUT2D eigenvalue weighted by Crippen LogP contribution is 2.20. The van der Waals surface area contributed by atoms with Crippen molar-refractivity contribution in [1.29, 1.82) is 0 Å². The van der Waals surface area contributed by atoms with Gasteiger partial charge < -0.3 is 5.11 Å². The number of nitrogens with zero attached hydrogens (tertiary/aromatic N) is 1. The Kier molecular flexibility index (Phi) is 6.84. The molecule has 0 saturated carbocycles. The molecule has 0 heterocycles. The molecule has 3 aromatic rings. The highest BCUT2D eigenvalue weighted by molar-refractivity contribution is 6.30. The van der Waals surface area contributed by atoms with E-state index in [1.165, 1.54) is 11.1 Å². The molecule has 0 aliphatic heterocycles. The van der Waals surface area contributed by atoms with E-state index in [1.807, 2.05) is 36.4 Å². The van der Waals surface area contributed by atoms with Crippen molar-refractivity contribution in [3.63, 3.8) is 0 Å². The Labute approximate surface area is 160 Å². The van der Waals surface area contributed by atoms with Crippen LogP contribution in [0.25, 0.3) is 0 Å². The molecule has 0 saturated heterocycles. The van der Waals surface area contributed by atoms with Gasteiger partial charge in [0.15, 0.2) is 0 Å². The first-order valence-corrected chi connectivity index (χ1v) is 9.32.